The lowest BCUT2D eigenvalue weighted by Crippen LogP contribution is -2.15. The van der Waals surface area contributed by atoms with Crippen LogP contribution in [0.1, 0.15) is 66.7 Å². The molecule has 1 aliphatic heterocycles. The summed E-state index contributed by atoms with van der Waals surface area (Å²) in [5.41, 5.74) is 2.89. The molecule has 0 fully saturated rings. The highest BCUT2D eigenvalue weighted by molar-refractivity contribution is 6.05. The predicted molar refractivity (Wildman–Crippen MR) is 126 cm³/mol. The van der Waals surface area contributed by atoms with Gasteiger partial charge in [0.25, 0.3) is 5.91 Å². The lowest BCUT2D eigenvalue weighted by Gasteiger charge is -2.20. The van der Waals surface area contributed by atoms with Crippen LogP contribution in [-0.4, -0.2) is 16.7 Å². The maximum Gasteiger partial charge on any atom is 0.255 e. The maximum absolute atomic E-state index is 14.1. The van der Waals surface area contributed by atoms with Gasteiger partial charge in [-0.3, -0.25) is 9.79 Å². The molecule has 0 saturated carbocycles. The molecule has 0 aromatic heterocycles. The molecule has 170 valence electrons. The molecular formula is C27H26F2N2O2. The van der Waals surface area contributed by atoms with Crippen LogP contribution in [0.3, 0.4) is 0 Å². The van der Waals surface area contributed by atoms with Crippen LogP contribution in [0.5, 0.6) is 5.75 Å². The third-order valence-corrected chi connectivity index (χ3v) is 5.89. The highest BCUT2D eigenvalue weighted by Gasteiger charge is 2.24. The van der Waals surface area contributed by atoms with Crippen molar-refractivity contribution >= 4 is 17.3 Å². The smallest absolute Gasteiger partial charge is 0.255 e. The van der Waals surface area contributed by atoms with Gasteiger partial charge in [0.05, 0.1) is 17.3 Å². The van der Waals surface area contributed by atoms with Gasteiger partial charge in [0.2, 0.25) is 0 Å². The van der Waals surface area contributed by atoms with Gasteiger partial charge in [0, 0.05) is 11.3 Å². The summed E-state index contributed by atoms with van der Waals surface area (Å²) in [4.78, 5) is 17.3. The molecule has 1 aliphatic rings. The molecule has 1 amide bonds. The van der Waals surface area contributed by atoms with Crippen LogP contribution in [0, 0.1) is 11.6 Å². The number of nitrogens with zero attached hydrogens (tertiary/aromatic N) is 1. The summed E-state index contributed by atoms with van der Waals surface area (Å²) >= 11 is 0. The number of aliphatic imine (C=N–C) groups is 1. The third-order valence-electron chi connectivity index (χ3n) is 5.89. The first-order chi connectivity index (χ1) is 15.6. The Morgan fingerprint density at radius 2 is 1.70 bits per heavy atom. The number of hydrogen-bond acceptors (Lipinski definition) is 3. The summed E-state index contributed by atoms with van der Waals surface area (Å²) in [5.74, 6) is -1.56. The number of nitrogens with one attached hydrogen (secondary N) is 1. The lowest BCUT2D eigenvalue weighted by molar-refractivity contribution is 0.102. The van der Waals surface area contributed by atoms with Crippen LogP contribution in [0.15, 0.2) is 65.7 Å². The number of anilines is 1. The minimum Gasteiger partial charge on any atom is -0.506 e. The van der Waals surface area contributed by atoms with Crippen molar-refractivity contribution in [2.45, 2.75) is 45.1 Å². The zero-order valence-electron chi connectivity index (χ0n) is 18.8. The Hall–Kier alpha value is -3.54. The minimum atomic E-state index is -0.611. The molecule has 0 saturated heterocycles. The van der Waals surface area contributed by atoms with E-state index in [0.29, 0.717) is 29.8 Å². The molecular weight excluding hydrogens is 422 g/mol. The van der Waals surface area contributed by atoms with Gasteiger partial charge in [-0.05, 0) is 65.8 Å². The molecule has 0 bridgehead atoms. The first-order valence-electron chi connectivity index (χ1n) is 10.9. The van der Waals surface area contributed by atoms with Crippen molar-refractivity contribution < 1.29 is 18.7 Å². The van der Waals surface area contributed by atoms with E-state index in [2.05, 4.69) is 31.1 Å². The van der Waals surface area contributed by atoms with Gasteiger partial charge in [0.15, 0.2) is 0 Å². The van der Waals surface area contributed by atoms with E-state index in [1.807, 2.05) is 6.07 Å². The number of rotatable bonds is 4. The number of hydrogen-bond donors (Lipinski definition) is 2. The van der Waals surface area contributed by atoms with Crippen molar-refractivity contribution in [1.82, 2.24) is 0 Å². The van der Waals surface area contributed by atoms with E-state index in [9.17, 15) is 18.7 Å². The normalized spacial score (nSPS) is 15.9. The number of amides is 1. The monoisotopic (exact) mass is 448 g/mol. The topological polar surface area (TPSA) is 61.7 Å². The van der Waals surface area contributed by atoms with Crippen molar-refractivity contribution in [2.75, 3.05) is 5.32 Å². The second kappa shape index (κ2) is 8.77. The molecule has 6 heteroatoms. The number of phenolic OH excluding ortho intramolecular Hbond substituents is 1. The number of carbonyl (C=O) groups is 1. The summed E-state index contributed by atoms with van der Waals surface area (Å²) in [6.07, 6.45) is 1.12. The highest BCUT2D eigenvalue weighted by Crippen LogP contribution is 2.33. The molecule has 0 aliphatic carbocycles. The van der Waals surface area contributed by atoms with Crippen LogP contribution in [-0.2, 0) is 5.41 Å². The molecule has 0 spiro atoms. The molecule has 1 atom stereocenters. The van der Waals surface area contributed by atoms with Gasteiger partial charge in [0.1, 0.15) is 17.4 Å². The van der Waals surface area contributed by atoms with Gasteiger partial charge in [-0.1, -0.05) is 45.0 Å². The average Bonchev–Trinajstić information content (AvgIpc) is 3.24. The molecule has 4 nitrogen and oxygen atoms in total. The van der Waals surface area contributed by atoms with E-state index in [-0.39, 0.29) is 28.7 Å². The zero-order valence-corrected chi connectivity index (χ0v) is 18.8. The summed E-state index contributed by atoms with van der Waals surface area (Å²) in [6.45, 7) is 6.17. The standard InChI is InChI=1S/C27H26F2N2O2/c1-27(2,3)18-11-14-24(32)23(15-18)31-26(33)17-9-7-16(8-10-17)21-12-13-22(30-21)25-19(28)5-4-6-20(25)29/h4-11,14-15,21,32H,12-13H2,1-3H3,(H,31,33). The first-order valence-corrected chi connectivity index (χ1v) is 10.9. The lowest BCUT2D eigenvalue weighted by atomic mass is 9.87. The van der Waals surface area contributed by atoms with E-state index in [1.165, 1.54) is 18.2 Å². The number of phenols is 1. The SMILES string of the molecule is CC(C)(C)c1ccc(O)c(NC(=O)c2ccc(C3CCC(c4c(F)cccc4F)=N3)cc2)c1. The van der Waals surface area contributed by atoms with Gasteiger partial charge in [-0.15, -0.1) is 0 Å². The Balaban J connectivity index is 1.50. The van der Waals surface area contributed by atoms with E-state index in [0.717, 1.165) is 11.1 Å². The van der Waals surface area contributed by atoms with Crippen LogP contribution < -0.4 is 5.32 Å². The molecule has 3 aromatic carbocycles. The van der Waals surface area contributed by atoms with Gasteiger partial charge in [-0.2, -0.15) is 0 Å². The Morgan fingerprint density at radius 3 is 2.33 bits per heavy atom. The van der Waals surface area contributed by atoms with E-state index in [1.54, 1.807) is 36.4 Å². The summed E-state index contributed by atoms with van der Waals surface area (Å²) in [6, 6.07) is 15.7. The first kappa shape index (κ1) is 22.6. The van der Waals surface area contributed by atoms with Crippen LogP contribution >= 0.6 is 0 Å². The molecule has 4 rings (SSSR count). The molecule has 33 heavy (non-hydrogen) atoms. The number of aromatic hydroxyl groups is 1. The van der Waals surface area contributed by atoms with Gasteiger partial charge < -0.3 is 10.4 Å². The summed E-state index contributed by atoms with van der Waals surface area (Å²) in [5, 5.41) is 12.9. The quantitative estimate of drug-likeness (QED) is 0.445. The zero-order chi connectivity index (χ0) is 23.8. The Bertz CT molecular complexity index is 1210. The number of halogens is 2. The molecule has 1 heterocycles. The van der Waals surface area contributed by atoms with Crippen molar-refractivity contribution in [1.29, 1.82) is 0 Å². The van der Waals surface area contributed by atoms with Crippen LogP contribution in [0.25, 0.3) is 0 Å². The maximum atomic E-state index is 14.1. The van der Waals surface area contributed by atoms with Crippen molar-refractivity contribution in [3.8, 4) is 5.75 Å². The summed E-state index contributed by atoms with van der Waals surface area (Å²) < 4.78 is 28.2. The fraction of sp³-hybridized carbons (Fsp3) is 0.259. The largest absolute Gasteiger partial charge is 0.506 e. The van der Waals surface area contributed by atoms with Crippen molar-refractivity contribution in [3.63, 3.8) is 0 Å². The van der Waals surface area contributed by atoms with Crippen LogP contribution in [0.4, 0.5) is 14.5 Å². The number of benzene rings is 3. The molecule has 3 aromatic rings. The number of carbonyl (C=O) groups excluding carboxylic acids is 1. The molecule has 0 radical (unpaired) electrons. The highest BCUT2D eigenvalue weighted by atomic mass is 19.1. The Labute approximate surface area is 192 Å². The van der Waals surface area contributed by atoms with Crippen molar-refractivity contribution in [2.24, 2.45) is 4.99 Å². The third kappa shape index (κ3) is 4.80. The fourth-order valence-corrected chi connectivity index (χ4v) is 3.95. The van der Waals surface area contributed by atoms with Crippen molar-refractivity contribution in [3.05, 3.63) is 94.6 Å². The second-order valence-corrected chi connectivity index (χ2v) is 9.28. The van der Waals surface area contributed by atoms with E-state index in [4.69, 9.17) is 0 Å². The average molecular weight is 449 g/mol. The molecule has 2 N–H and O–H groups in total. The van der Waals surface area contributed by atoms with E-state index < -0.39 is 11.6 Å². The van der Waals surface area contributed by atoms with Gasteiger partial charge in [-0.25, -0.2) is 8.78 Å². The van der Waals surface area contributed by atoms with E-state index >= 15 is 0 Å². The second-order valence-electron chi connectivity index (χ2n) is 9.28. The Morgan fingerprint density at radius 1 is 1.03 bits per heavy atom. The molecule has 1 unspecified atom stereocenters. The fourth-order valence-electron chi connectivity index (χ4n) is 3.95. The summed E-state index contributed by atoms with van der Waals surface area (Å²) in [7, 11) is 0. The minimum absolute atomic E-state index is 0.00108. The van der Waals surface area contributed by atoms with Gasteiger partial charge >= 0.3 is 0 Å². The predicted octanol–water partition coefficient (Wildman–Crippen LogP) is 6.54. The van der Waals surface area contributed by atoms with Crippen LogP contribution in [0.2, 0.25) is 0 Å². The Kier molecular flexibility index (Phi) is 6.02.